The summed E-state index contributed by atoms with van der Waals surface area (Å²) >= 11 is 0. The summed E-state index contributed by atoms with van der Waals surface area (Å²) in [7, 11) is 0. The molecule has 1 aromatic rings. The van der Waals surface area contributed by atoms with Gasteiger partial charge < -0.3 is 15.1 Å². The number of anilines is 1. The Hall–Kier alpha value is -1.71. The van der Waals surface area contributed by atoms with Crippen molar-refractivity contribution < 1.29 is 15.0 Å². The van der Waals surface area contributed by atoms with E-state index in [0.717, 1.165) is 17.8 Å². The zero-order valence-corrected chi connectivity index (χ0v) is 11.6. The smallest absolute Gasteiger partial charge is 0.306 e. The van der Waals surface area contributed by atoms with Crippen molar-refractivity contribution in [3.05, 3.63) is 23.8 Å². The fourth-order valence-corrected chi connectivity index (χ4v) is 2.78. The summed E-state index contributed by atoms with van der Waals surface area (Å²) in [4.78, 5) is 13.3. The Kier molecular flexibility index (Phi) is 3.69. The molecule has 2 unspecified atom stereocenters. The zero-order valence-electron chi connectivity index (χ0n) is 11.6. The number of carboxylic acids is 1. The molecule has 0 amide bonds. The van der Waals surface area contributed by atoms with Crippen LogP contribution in [0.3, 0.4) is 0 Å². The number of fused-ring (bicyclic) bond motifs is 1. The highest BCUT2D eigenvalue weighted by molar-refractivity contribution is 5.70. The maximum Gasteiger partial charge on any atom is 0.306 e. The standard InChI is InChI=1S/C15H21NO3/c1-9(2)16-8-11(6-10(3)15(18)19)13-7-12(17)4-5-14(13)16/h4-5,7,9-11,17H,6,8H2,1-3H3,(H,18,19). The van der Waals surface area contributed by atoms with E-state index in [4.69, 9.17) is 5.11 Å². The minimum absolute atomic E-state index is 0.176. The molecule has 0 saturated carbocycles. The van der Waals surface area contributed by atoms with Crippen LogP contribution in [0.1, 0.15) is 38.7 Å². The third-order valence-corrected chi connectivity index (χ3v) is 3.86. The Morgan fingerprint density at radius 1 is 1.42 bits per heavy atom. The third kappa shape index (κ3) is 2.67. The van der Waals surface area contributed by atoms with Crippen molar-refractivity contribution in [1.82, 2.24) is 0 Å². The number of nitrogens with zero attached hydrogens (tertiary/aromatic N) is 1. The highest BCUT2D eigenvalue weighted by Crippen LogP contribution is 2.42. The van der Waals surface area contributed by atoms with E-state index < -0.39 is 5.97 Å². The minimum Gasteiger partial charge on any atom is -0.508 e. The number of hydrogen-bond donors (Lipinski definition) is 2. The molecule has 1 aromatic carbocycles. The molecule has 1 aliphatic rings. The quantitative estimate of drug-likeness (QED) is 0.877. The van der Waals surface area contributed by atoms with Crippen molar-refractivity contribution in [2.45, 2.75) is 39.2 Å². The van der Waals surface area contributed by atoms with Gasteiger partial charge in [0, 0.05) is 24.2 Å². The number of rotatable bonds is 4. The second-order valence-electron chi connectivity index (χ2n) is 5.66. The number of benzene rings is 1. The Morgan fingerprint density at radius 2 is 2.11 bits per heavy atom. The van der Waals surface area contributed by atoms with E-state index in [1.54, 1.807) is 19.1 Å². The zero-order chi connectivity index (χ0) is 14.2. The molecule has 0 aliphatic carbocycles. The van der Waals surface area contributed by atoms with Gasteiger partial charge in [-0.05, 0) is 44.0 Å². The van der Waals surface area contributed by atoms with Crippen molar-refractivity contribution in [3.8, 4) is 5.75 Å². The van der Waals surface area contributed by atoms with E-state index in [0.29, 0.717) is 12.5 Å². The van der Waals surface area contributed by atoms with Crippen LogP contribution in [0.5, 0.6) is 5.75 Å². The average molecular weight is 263 g/mol. The summed E-state index contributed by atoms with van der Waals surface area (Å²) < 4.78 is 0. The Balaban J connectivity index is 2.29. The fourth-order valence-electron chi connectivity index (χ4n) is 2.78. The fraction of sp³-hybridized carbons (Fsp3) is 0.533. The molecular weight excluding hydrogens is 242 g/mol. The summed E-state index contributed by atoms with van der Waals surface area (Å²) in [5.41, 5.74) is 2.19. The molecule has 1 heterocycles. The van der Waals surface area contributed by atoms with Gasteiger partial charge in [0.25, 0.3) is 0 Å². The van der Waals surface area contributed by atoms with Gasteiger partial charge in [0.15, 0.2) is 0 Å². The van der Waals surface area contributed by atoms with Crippen molar-refractivity contribution >= 4 is 11.7 Å². The monoisotopic (exact) mass is 263 g/mol. The van der Waals surface area contributed by atoms with E-state index in [-0.39, 0.29) is 17.6 Å². The van der Waals surface area contributed by atoms with Crippen LogP contribution in [0.25, 0.3) is 0 Å². The van der Waals surface area contributed by atoms with Gasteiger partial charge in [0.1, 0.15) is 5.75 Å². The van der Waals surface area contributed by atoms with Gasteiger partial charge in [-0.25, -0.2) is 0 Å². The minimum atomic E-state index is -0.760. The molecule has 0 saturated heterocycles. The highest BCUT2D eigenvalue weighted by atomic mass is 16.4. The lowest BCUT2D eigenvalue weighted by atomic mass is 9.91. The van der Waals surface area contributed by atoms with Gasteiger partial charge in [-0.15, -0.1) is 0 Å². The maximum atomic E-state index is 11.0. The van der Waals surface area contributed by atoms with Gasteiger partial charge in [0.05, 0.1) is 5.92 Å². The van der Waals surface area contributed by atoms with Gasteiger partial charge in [-0.2, -0.15) is 0 Å². The summed E-state index contributed by atoms with van der Waals surface area (Å²) in [5.74, 6) is -0.704. The lowest BCUT2D eigenvalue weighted by Crippen LogP contribution is -2.30. The van der Waals surface area contributed by atoms with E-state index in [1.807, 2.05) is 6.07 Å². The second kappa shape index (κ2) is 5.11. The predicted molar refractivity (Wildman–Crippen MR) is 74.7 cm³/mol. The van der Waals surface area contributed by atoms with Crippen molar-refractivity contribution in [3.63, 3.8) is 0 Å². The van der Waals surface area contributed by atoms with Gasteiger partial charge in [-0.1, -0.05) is 6.92 Å². The van der Waals surface area contributed by atoms with Crippen LogP contribution in [-0.4, -0.2) is 28.8 Å². The molecule has 0 spiro atoms. The maximum absolute atomic E-state index is 11.0. The van der Waals surface area contributed by atoms with E-state index in [1.165, 1.54) is 0 Å². The predicted octanol–water partition coefficient (Wildman–Crippen LogP) is 2.82. The number of phenolic OH excluding ortho intramolecular Hbond substituents is 1. The summed E-state index contributed by atoms with van der Waals surface area (Å²) in [6.07, 6.45) is 0.606. The van der Waals surface area contributed by atoms with Gasteiger partial charge >= 0.3 is 5.97 Å². The lowest BCUT2D eigenvalue weighted by molar-refractivity contribution is -0.141. The molecule has 2 rings (SSSR count). The van der Waals surface area contributed by atoms with Crippen LogP contribution in [0, 0.1) is 5.92 Å². The molecule has 0 radical (unpaired) electrons. The first-order chi connectivity index (χ1) is 8.90. The van der Waals surface area contributed by atoms with Crippen molar-refractivity contribution in [1.29, 1.82) is 0 Å². The van der Waals surface area contributed by atoms with Crippen LogP contribution in [0.4, 0.5) is 5.69 Å². The largest absolute Gasteiger partial charge is 0.508 e. The van der Waals surface area contributed by atoms with Gasteiger partial charge in [-0.3, -0.25) is 4.79 Å². The van der Waals surface area contributed by atoms with E-state index in [9.17, 15) is 9.90 Å². The van der Waals surface area contributed by atoms with Crippen LogP contribution in [0.15, 0.2) is 18.2 Å². The summed E-state index contributed by atoms with van der Waals surface area (Å²) in [5, 5.41) is 18.7. The molecule has 0 bridgehead atoms. The van der Waals surface area contributed by atoms with Crippen molar-refractivity contribution in [2.75, 3.05) is 11.4 Å². The van der Waals surface area contributed by atoms with Crippen LogP contribution < -0.4 is 4.90 Å². The SMILES string of the molecule is CC(CC1CN(C(C)C)c2ccc(O)cc21)C(=O)O. The first kappa shape index (κ1) is 13.7. The Bertz CT molecular complexity index is 484. The van der Waals surface area contributed by atoms with E-state index in [2.05, 4.69) is 18.7 Å². The molecule has 4 nitrogen and oxygen atoms in total. The molecule has 104 valence electrons. The molecule has 19 heavy (non-hydrogen) atoms. The van der Waals surface area contributed by atoms with Crippen LogP contribution in [0.2, 0.25) is 0 Å². The highest BCUT2D eigenvalue weighted by Gasteiger charge is 2.32. The molecule has 0 aromatic heterocycles. The number of carboxylic acid groups (broad SMARTS) is 1. The molecule has 0 fully saturated rings. The first-order valence-corrected chi connectivity index (χ1v) is 6.72. The number of carbonyl (C=O) groups is 1. The number of aromatic hydroxyl groups is 1. The number of aliphatic carboxylic acids is 1. The molecule has 1 aliphatic heterocycles. The topological polar surface area (TPSA) is 60.8 Å². The van der Waals surface area contributed by atoms with Crippen LogP contribution >= 0.6 is 0 Å². The summed E-state index contributed by atoms with van der Waals surface area (Å²) in [6.45, 7) is 6.82. The number of hydrogen-bond acceptors (Lipinski definition) is 3. The molecule has 4 heteroatoms. The number of phenols is 1. The van der Waals surface area contributed by atoms with Crippen molar-refractivity contribution in [2.24, 2.45) is 5.92 Å². The molecule has 2 N–H and O–H groups in total. The summed E-state index contributed by atoms with van der Waals surface area (Å²) in [6, 6.07) is 5.76. The normalized spacial score (nSPS) is 19.6. The molecular formula is C15H21NO3. The van der Waals surface area contributed by atoms with Gasteiger partial charge in [0.2, 0.25) is 0 Å². The molecule has 2 atom stereocenters. The Morgan fingerprint density at radius 3 is 2.68 bits per heavy atom. The average Bonchev–Trinajstić information content (AvgIpc) is 2.67. The lowest BCUT2D eigenvalue weighted by Gasteiger charge is -2.24. The van der Waals surface area contributed by atoms with Crippen LogP contribution in [-0.2, 0) is 4.79 Å². The third-order valence-electron chi connectivity index (χ3n) is 3.86. The Labute approximate surface area is 113 Å². The first-order valence-electron chi connectivity index (χ1n) is 6.72. The second-order valence-corrected chi connectivity index (χ2v) is 5.66. The van der Waals surface area contributed by atoms with E-state index >= 15 is 0 Å².